The number of rotatable bonds is 5. The van der Waals surface area contributed by atoms with Gasteiger partial charge < -0.3 is 0 Å². The third kappa shape index (κ3) is 3.87. The van der Waals surface area contributed by atoms with Crippen LogP contribution in [0.4, 0.5) is 5.69 Å². The lowest BCUT2D eigenvalue weighted by Gasteiger charge is -2.06. The molecule has 2 aromatic carbocycles. The van der Waals surface area contributed by atoms with E-state index in [9.17, 15) is 16.8 Å². The molecule has 1 aromatic heterocycles. The predicted molar refractivity (Wildman–Crippen MR) is 98.5 cm³/mol. The number of hydrogen-bond donors (Lipinski definition) is 1. The predicted octanol–water partition coefficient (Wildman–Crippen LogP) is 4.04. The summed E-state index contributed by atoms with van der Waals surface area (Å²) in [5, 5.41) is 0.482. The quantitative estimate of drug-likeness (QED) is 0.684. The Balaban J connectivity index is 1.91. The van der Waals surface area contributed by atoms with E-state index in [4.69, 9.17) is 11.6 Å². The second-order valence-corrected chi connectivity index (χ2v) is 10.6. The monoisotopic (exact) mass is 413 g/mol. The van der Waals surface area contributed by atoms with Crippen LogP contribution in [0.2, 0.25) is 5.02 Å². The highest BCUT2D eigenvalue weighted by molar-refractivity contribution is 7.96. The molecule has 0 fully saturated rings. The van der Waals surface area contributed by atoms with Gasteiger partial charge in [0.1, 0.15) is 8.42 Å². The first-order chi connectivity index (χ1) is 11.8. The molecule has 1 heterocycles. The Morgan fingerprint density at radius 2 is 1.36 bits per heavy atom. The number of sulfone groups is 1. The van der Waals surface area contributed by atoms with E-state index >= 15 is 0 Å². The van der Waals surface area contributed by atoms with Gasteiger partial charge in [-0.2, -0.15) is 0 Å². The summed E-state index contributed by atoms with van der Waals surface area (Å²) < 4.78 is 52.2. The summed E-state index contributed by atoms with van der Waals surface area (Å²) in [7, 11) is -7.63. The zero-order chi connectivity index (χ0) is 18.1. The van der Waals surface area contributed by atoms with Gasteiger partial charge in [-0.25, -0.2) is 16.8 Å². The summed E-state index contributed by atoms with van der Waals surface area (Å²) in [6.07, 6.45) is 0. The van der Waals surface area contributed by atoms with Crippen LogP contribution < -0.4 is 4.72 Å². The van der Waals surface area contributed by atoms with E-state index < -0.39 is 19.9 Å². The maximum Gasteiger partial charge on any atom is 0.271 e. The zero-order valence-electron chi connectivity index (χ0n) is 12.6. The Labute approximate surface area is 154 Å². The molecule has 3 rings (SSSR count). The van der Waals surface area contributed by atoms with Gasteiger partial charge in [0.15, 0.2) is 0 Å². The van der Waals surface area contributed by atoms with Crippen LogP contribution in [-0.2, 0) is 19.9 Å². The van der Waals surface area contributed by atoms with E-state index in [0.29, 0.717) is 22.0 Å². The Kier molecular flexibility index (Phi) is 4.88. The van der Waals surface area contributed by atoms with Crippen molar-refractivity contribution in [2.24, 2.45) is 0 Å². The van der Waals surface area contributed by atoms with Gasteiger partial charge in [0.25, 0.3) is 10.0 Å². The molecule has 0 saturated heterocycles. The number of benzene rings is 2. The Morgan fingerprint density at radius 1 is 0.760 bits per heavy atom. The van der Waals surface area contributed by atoms with Gasteiger partial charge in [0, 0.05) is 10.7 Å². The van der Waals surface area contributed by atoms with Crippen molar-refractivity contribution in [2.75, 3.05) is 4.72 Å². The number of hydrogen-bond acceptors (Lipinski definition) is 5. The molecule has 0 aliphatic heterocycles. The fourth-order valence-electron chi connectivity index (χ4n) is 2.03. The lowest BCUT2D eigenvalue weighted by molar-refractivity contribution is 0.597. The van der Waals surface area contributed by atoms with Gasteiger partial charge in [-0.15, -0.1) is 11.3 Å². The highest BCUT2D eigenvalue weighted by Gasteiger charge is 2.24. The Bertz CT molecular complexity index is 1090. The average Bonchev–Trinajstić information content (AvgIpc) is 3.09. The molecule has 0 unspecified atom stereocenters. The third-order valence-electron chi connectivity index (χ3n) is 3.24. The lowest BCUT2D eigenvalue weighted by atomic mass is 10.3. The third-order valence-corrected chi connectivity index (χ3v) is 8.71. The molecule has 0 aliphatic carbocycles. The van der Waals surface area contributed by atoms with Crippen molar-refractivity contribution in [2.45, 2.75) is 13.3 Å². The van der Waals surface area contributed by atoms with Gasteiger partial charge in [0.05, 0.1) is 4.90 Å². The van der Waals surface area contributed by atoms with Crippen molar-refractivity contribution >= 4 is 48.5 Å². The smallest absolute Gasteiger partial charge is 0.271 e. The van der Waals surface area contributed by atoms with Crippen LogP contribution in [0.25, 0.3) is 0 Å². The lowest BCUT2D eigenvalue weighted by Crippen LogP contribution is -2.11. The standard InChI is InChI=1S/C16H12ClNO4S3/c17-12-6-8-13(9-7-12)18-25(21,22)16-11-10-15(23-16)24(19,20)14-4-2-1-3-5-14/h1-11,18H. The van der Waals surface area contributed by atoms with Crippen molar-refractivity contribution in [3.05, 3.63) is 71.8 Å². The highest BCUT2D eigenvalue weighted by atomic mass is 35.5. The van der Waals surface area contributed by atoms with Gasteiger partial charge in [-0.1, -0.05) is 29.8 Å². The van der Waals surface area contributed by atoms with Crippen molar-refractivity contribution < 1.29 is 16.8 Å². The van der Waals surface area contributed by atoms with E-state index in [1.54, 1.807) is 30.3 Å². The molecule has 3 aromatic rings. The normalized spacial score (nSPS) is 12.0. The molecule has 1 N–H and O–H groups in total. The molecular weight excluding hydrogens is 402 g/mol. The van der Waals surface area contributed by atoms with E-state index in [0.717, 1.165) is 0 Å². The van der Waals surface area contributed by atoms with Crippen LogP contribution in [-0.4, -0.2) is 16.8 Å². The summed E-state index contributed by atoms with van der Waals surface area (Å²) >= 11 is 6.47. The minimum absolute atomic E-state index is 0.0322. The van der Waals surface area contributed by atoms with Crippen molar-refractivity contribution in [3.63, 3.8) is 0 Å². The summed E-state index contributed by atoms with van der Waals surface area (Å²) in [5.41, 5.74) is 0.338. The maximum atomic E-state index is 12.6. The minimum Gasteiger partial charge on any atom is -0.279 e. The van der Waals surface area contributed by atoms with Crippen molar-refractivity contribution in [3.8, 4) is 0 Å². The molecular formula is C16H12ClNO4S3. The van der Waals surface area contributed by atoms with Gasteiger partial charge in [0.2, 0.25) is 9.84 Å². The van der Waals surface area contributed by atoms with Gasteiger partial charge >= 0.3 is 0 Å². The topological polar surface area (TPSA) is 80.3 Å². The molecule has 130 valence electrons. The molecule has 0 atom stereocenters. The second-order valence-electron chi connectivity index (χ2n) is 5.00. The van der Waals surface area contributed by atoms with Crippen LogP contribution in [0.3, 0.4) is 0 Å². The first-order valence-corrected chi connectivity index (χ1v) is 11.1. The number of halogens is 1. The summed E-state index contributed by atoms with van der Waals surface area (Å²) in [5.74, 6) is 0. The van der Waals surface area contributed by atoms with Crippen molar-refractivity contribution in [1.82, 2.24) is 0 Å². The SMILES string of the molecule is O=S(=O)(Nc1ccc(Cl)cc1)c1ccc(S(=O)(=O)c2ccccc2)s1. The van der Waals surface area contributed by atoms with E-state index in [2.05, 4.69) is 4.72 Å². The molecule has 0 saturated carbocycles. The number of nitrogens with one attached hydrogen (secondary N) is 1. The van der Waals surface area contributed by atoms with Crippen molar-refractivity contribution in [1.29, 1.82) is 0 Å². The number of thiophene rings is 1. The first kappa shape index (κ1) is 17.9. The molecule has 0 aliphatic rings. The fraction of sp³-hybridized carbons (Fsp3) is 0. The Hall–Kier alpha value is -1.87. The molecule has 9 heteroatoms. The zero-order valence-corrected chi connectivity index (χ0v) is 15.8. The molecule has 0 spiro atoms. The average molecular weight is 414 g/mol. The maximum absolute atomic E-state index is 12.6. The van der Waals surface area contributed by atoms with Gasteiger partial charge in [-0.05, 0) is 48.5 Å². The van der Waals surface area contributed by atoms with E-state index in [-0.39, 0.29) is 13.3 Å². The summed E-state index contributed by atoms with van der Waals surface area (Å²) in [6.45, 7) is 0. The minimum atomic E-state index is -3.89. The fourth-order valence-corrected chi connectivity index (χ4v) is 6.41. The summed E-state index contributed by atoms with van der Waals surface area (Å²) in [4.78, 5) is 0.117. The molecule has 25 heavy (non-hydrogen) atoms. The van der Waals surface area contributed by atoms with E-state index in [1.807, 2.05) is 0 Å². The van der Waals surface area contributed by atoms with Gasteiger partial charge in [-0.3, -0.25) is 4.72 Å². The van der Waals surface area contributed by atoms with E-state index in [1.165, 1.54) is 36.4 Å². The number of sulfonamides is 1. The molecule has 0 bridgehead atoms. The molecule has 0 amide bonds. The van der Waals surface area contributed by atoms with Crippen LogP contribution in [0.5, 0.6) is 0 Å². The Morgan fingerprint density at radius 3 is 2.00 bits per heavy atom. The van der Waals surface area contributed by atoms with Crippen LogP contribution in [0.15, 0.2) is 80.0 Å². The molecule has 5 nitrogen and oxygen atoms in total. The largest absolute Gasteiger partial charge is 0.279 e. The van der Waals surface area contributed by atoms with Crippen LogP contribution >= 0.6 is 22.9 Å². The summed E-state index contributed by atoms with van der Waals surface area (Å²) in [6, 6.07) is 16.6. The number of anilines is 1. The van der Waals surface area contributed by atoms with Crippen LogP contribution in [0, 0.1) is 0 Å². The first-order valence-electron chi connectivity index (χ1n) is 6.97. The van der Waals surface area contributed by atoms with Crippen LogP contribution in [0.1, 0.15) is 0 Å². The molecule has 0 radical (unpaired) electrons. The highest BCUT2D eigenvalue weighted by Crippen LogP contribution is 2.31. The second kappa shape index (κ2) is 6.80.